The van der Waals surface area contributed by atoms with Gasteiger partial charge in [-0.15, -0.1) is 0 Å². The third-order valence-corrected chi connectivity index (χ3v) is 7.05. The predicted molar refractivity (Wildman–Crippen MR) is 84.8 cm³/mol. The third-order valence-electron chi connectivity index (χ3n) is 5.75. The van der Waals surface area contributed by atoms with Gasteiger partial charge in [-0.2, -0.15) is 0 Å². The number of fused-ring (bicyclic) bond motifs is 1. The second kappa shape index (κ2) is 6.09. The van der Waals surface area contributed by atoms with Gasteiger partial charge < -0.3 is 10.6 Å². The molecule has 7 heteroatoms. The van der Waals surface area contributed by atoms with Crippen molar-refractivity contribution in [2.24, 2.45) is 11.3 Å². The Kier molecular flexibility index (Phi) is 4.49. The Morgan fingerprint density at radius 1 is 1.23 bits per heavy atom. The van der Waals surface area contributed by atoms with Crippen molar-refractivity contribution in [3.8, 4) is 0 Å². The summed E-state index contributed by atoms with van der Waals surface area (Å²) in [5.74, 6) is 0.664. The summed E-state index contributed by atoms with van der Waals surface area (Å²) in [5, 5.41) is 6.62. The van der Waals surface area contributed by atoms with Gasteiger partial charge in [-0.3, -0.25) is 4.79 Å². The van der Waals surface area contributed by atoms with Crippen LogP contribution in [0.3, 0.4) is 0 Å². The number of carbonyl (C=O) groups is 1. The number of piperidine rings is 1. The lowest BCUT2D eigenvalue weighted by Crippen LogP contribution is -2.53. The molecule has 0 bridgehead atoms. The van der Waals surface area contributed by atoms with Crippen molar-refractivity contribution >= 4 is 15.9 Å². The number of nitrogens with zero attached hydrogens (tertiary/aromatic N) is 1. The molecule has 126 valence electrons. The normalized spacial score (nSPS) is 34.3. The Morgan fingerprint density at radius 3 is 2.64 bits per heavy atom. The summed E-state index contributed by atoms with van der Waals surface area (Å²) in [6, 6.07) is 0.114. The van der Waals surface area contributed by atoms with Crippen LogP contribution in [0.25, 0.3) is 0 Å². The molecule has 2 heterocycles. The maximum atomic E-state index is 12.9. The third kappa shape index (κ3) is 3.03. The summed E-state index contributed by atoms with van der Waals surface area (Å²) in [7, 11) is -3.10. The number of rotatable bonds is 3. The average molecular weight is 329 g/mol. The van der Waals surface area contributed by atoms with Crippen LogP contribution < -0.4 is 10.6 Å². The first-order chi connectivity index (χ1) is 10.4. The van der Waals surface area contributed by atoms with Crippen molar-refractivity contribution in [2.75, 3.05) is 32.4 Å². The lowest BCUT2D eigenvalue weighted by molar-refractivity contribution is -0.135. The molecule has 6 nitrogen and oxygen atoms in total. The van der Waals surface area contributed by atoms with E-state index in [0.717, 1.165) is 32.4 Å². The van der Waals surface area contributed by atoms with Crippen molar-refractivity contribution < 1.29 is 13.2 Å². The molecule has 0 aromatic rings. The number of hydrogen-bond acceptors (Lipinski definition) is 4. The zero-order chi connectivity index (χ0) is 15.8. The highest BCUT2D eigenvalue weighted by Gasteiger charge is 2.50. The van der Waals surface area contributed by atoms with Crippen molar-refractivity contribution in [3.05, 3.63) is 0 Å². The van der Waals surface area contributed by atoms with Gasteiger partial charge in [0.15, 0.2) is 0 Å². The maximum Gasteiger partial charge on any atom is 0.228 e. The van der Waals surface area contributed by atoms with E-state index in [-0.39, 0.29) is 17.4 Å². The minimum absolute atomic E-state index is 0.114. The highest BCUT2D eigenvalue weighted by atomic mass is 32.2. The summed E-state index contributed by atoms with van der Waals surface area (Å²) >= 11 is 0. The second-order valence-electron chi connectivity index (χ2n) is 7.14. The van der Waals surface area contributed by atoms with Crippen LogP contribution in [0.1, 0.15) is 38.5 Å². The molecule has 1 saturated carbocycles. The lowest BCUT2D eigenvalue weighted by Gasteiger charge is -2.39. The van der Waals surface area contributed by atoms with Gasteiger partial charge in [0, 0.05) is 25.7 Å². The Bertz CT molecular complexity index is 528. The average Bonchev–Trinajstić information content (AvgIpc) is 2.92. The summed E-state index contributed by atoms with van der Waals surface area (Å²) in [6.07, 6.45) is 7.18. The van der Waals surface area contributed by atoms with Gasteiger partial charge in [0.2, 0.25) is 15.9 Å². The fraction of sp³-hybridized carbons (Fsp3) is 0.933. The fourth-order valence-corrected chi connectivity index (χ4v) is 5.23. The number of amides is 1. The highest BCUT2D eigenvalue weighted by Crippen LogP contribution is 2.44. The maximum absolute atomic E-state index is 12.9. The number of carbonyl (C=O) groups excluding carboxylic acids is 1. The van der Waals surface area contributed by atoms with Crippen LogP contribution in [0.2, 0.25) is 0 Å². The van der Waals surface area contributed by atoms with E-state index in [0.29, 0.717) is 31.8 Å². The molecule has 0 aromatic carbocycles. The number of sulfonamides is 1. The molecule has 2 atom stereocenters. The molecule has 1 aliphatic carbocycles. The highest BCUT2D eigenvalue weighted by molar-refractivity contribution is 7.88. The molecule has 22 heavy (non-hydrogen) atoms. The van der Waals surface area contributed by atoms with E-state index in [1.165, 1.54) is 17.0 Å². The van der Waals surface area contributed by atoms with E-state index in [2.05, 4.69) is 10.6 Å². The molecular weight excluding hydrogens is 302 g/mol. The topological polar surface area (TPSA) is 78.5 Å². The summed E-state index contributed by atoms with van der Waals surface area (Å²) in [5.41, 5.74) is -0.216. The zero-order valence-corrected chi connectivity index (χ0v) is 14.1. The molecule has 0 radical (unpaired) electrons. The Labute approximate surface area is 133 Å². The first kappa shape index (κ1) is 16.2. The zero-order valence-electron chi connectivity index (χ0n) is 13.3. The standard InChI is InChI=1S/C15H27N3O3S/c1-22(20,21)18-8-5-13(6-9-18)17-14(19)15-7-3-2-4-12(15)10-16-11-15/h12-13,16H,2-11H2,1H3,(H,17,19)/t12-,15+/m0/s1. The van der Waals surface area contributed by atoms with Gasteiger partial charge in [-0.25, -0.2) is 12.7 Å². The molecule has 2 aliphatic heterocycles. The number of nitrogens with one attached hydrogen (secondary N) is 2. The molecule has 1 amide bonds. The van der Waals surface area contributed by atoms with E-state index in [1.54, 1.807) is 0 Å². The minimum Gasteiger partial charge on any atom is -0.353 e. The van der Waals surface area contributed by atoms with Crippen LogP contribution in [0.15, 0.2) is 0 Å². The molecule has 2 saturated heterocycles. The Balaban J connectivity index is 1.59. The van der Waals surface area contributed by atoms with Gasteiger partial charge in [-0.1, -0.05) is 12.8 Å². The largest absolute Gasteiger partial charge is 0.353 e. The van der Waals surface area contributed by atoms with Crippen molar-refractivity contribution in [1.82, 2.24) is 14.9 Å². The summed E-state index contributed by atoms with van der Waals surface area (Å²) in [4.78, 5) is 12.9. The summed E-state index contributed by atoms with van der Waals surface area (Å²) < 4.78 is 24.6. The van der Waals surface area contributed by atoms with Crippen molar-refractivity contribution in [2.45, 2.75) is 44.6 Å². The molecule has 3 fully saturated rings. The molecule has 3 rings (SSSR count). The molecule has 3 aliphatic rings. The second-order valence-corrected chi connectivity index (χ2v) is 9.12. The molecular formula is C15H27N3O3S. The van der Waals surface area contributed by atoms with E-state index in [4.69, 9.17) is 0 Å². The van der Waals surface area contributed by atoms with Crippen LogP contribution >= 0.6 is 0 Å². The van der Waals surface area contributed by atoms with Gasteiger partial charge in [0.25, 0.3) is 0 Å². The van der Waals surface area contributed by atoms with Gasteiger partial charge >= 0.3 is 0 Å². The van der Waals surface area contributed by atoms with Crippen molar-refractivity contribution in [3.63, 3.8) is 0 Å². The minimum atomic E-state index is -3.10. The Hall–Kier alpha value is -0.660. The first-order valence-electron chi connectivity index (χ1n) is 8.39. The quantitative estimate of drug-likeness (QED) is 0.781. The smallest absolute Gasteiger partial charge is 0.228 e. The van der Waals surface area contributed by atoms with E-state index in [9.17, 15) is 13.2 Å². The van der Waals surface area contributed by atoms with Crippen LogP contribution in [-0.2, 0) is 14.8 Å². The predicted octanol–water partition coefficient (Wildman–Crippen LogP) is 0.306. The van der Waals surface area contributed by atoms with Crippen LogP contribution in [0.5, 0.6) is 0 Å². The monoisotopic (exact) mass is 329 g/mol. The molecule has 0 spiro atoms. The van der Waals surface area contributed by atoms with E-state index >= 15 is 0 Å². The summed E-state index contributed by atoms with van der Waals surface area (Å²) in [6.45, 7) is 2.78. The van der Waals surface area contributed by atoms with Crippen molar-refractivity contribution in [1.29, 1.82) is 0 Å². The van der Waals surface area contributed by atoms with Crippen LogP contribution in [-0.4, -0.2) is 57.1 Å². The first-order valence-corrected chi connectivity index (χ1v) is 10.2. The van der Waals surface area contributed by atoms with Gasteiger partial charge in [-0.05, 0) is 38.1 Å². The Morgan fingerprint density at radius 2 is 1.95 bits per heavy atom. The van der Waals surface area contributed by atoms with E-state index < -0.39 is 10.0 Å². The van der Waals surface area contributed by atoms with Crippen LogP contribution in [0.4, 0.5) is 0 Å². The van der Waals surface area contributed by atoms with Gasteiger partial charge in [0.1, 0.15) is 0 Å². The fourth-order valence-electron chi connectivity index (χ4n) is 4.35. The number of hydrogen-bond donors (Lipinski definition) is 2. The molecule has 0 aromatic heterocycles. The van der Waals surface area contributed by atoms with E-state index in [1.807, 2.05) is 0 Å². The molecule has 2 N–H and O–H groups in total. The molecule has 0 unspecified atom stereocenters. The SMILES string of the molecule is CS(=O)(=O)N1CCC(NC(=O)[C@@]23CCCC[C@H]2CNC3)CC1. The lowest BCUT2D eigenvalue weighted by atomic mass is 9.67. The van der Waals surface area contributed by atoms with Gasteiger partial charge in [0.05, 0.1) is 11.7 Å². The van der Waals surface area contributed by atoms with Crippen LogP contribution in [0, 0.1) is 11.3 Å².